The van der Waals surface area contributed by atoms with Crippen LogP contribution >= 0.6 is 0 Å². The molecule has 0 fully saturated rings. The van der Waals surface area contributed by atoms with E-state index in [0.717, 1.165) is 0 Å². The first kappa shape index (κ1) is 29.7. The van der Waals surface area contributed by atoms with Gasteiger partial charge in [0.1, 0.15) is 0 Å². The smallest absolute Gasteiger partial charge is 0.504 e. The second-order valence-electron chi connectivity index (χ2n) is 11.0. The fraction of sp³-hybridized carbons (Fsp3) is 0. The number of rotatable bonds is 0. The number of nitrogens with zero attached hydrogens (tertiary/aromatic N) is 8. The Kier molecular flexibility index (Phi) is 6.13. The zero-order valence-electron chi connectivity index (χ0n) is 24.5. The number of aromatic nitrogens is 8. The molecule has 17 heteroatoms. The average Bonchev–Trinajstić information content (AvgIpc) is 3.74. The summed E-state index contributed by atoms with van der Waals surface area (Å²) in [7, 11) is 0. The first-order chi connectivity index (χ1) is 23.0. The van der Waals surface area contributed by atoms with Crippen LogP contribution in [-0.2, 0) is 19.5 Å². The third kappa shape index (κ3) is 4.33. The predicted molar refractivity (Wildman–Crippen MR) is 167 cm³/mol. The van der Waals surface area contributed by atoms with Crippen molar-refractivity contribution >= 4 is 44.1 Å². The molecule has 0 unspecified atom stereocenters. The molecule has 8 N–H and O–H groups in total. The average molecular weight is 706 g/mol. The fourth-order valence-electron chi connectivity index (χ4n) is 5.75. The van der Waals surface area contributed by atoms with Crippen molar-refractivity contribution in [1.82, 2.24) is 39.9 Å². The van der Waals surface area contributed by atoms with Crippen LogP contribution in [0.25, 0.3) is 89.7 Å². The summed E-state index contributed by atoms with van der Waals surface area (Å²) in [4.78, 5) is 36.6. The van der Waals surface area contributed by atoms with Crippen LogP contribution < -0.4 is 9.97 Å². The summed E-state index contributed by atoms with van der Waals surface area (Å²) in [5.74, 6) is -3.65. The SMILES string of the molecule is Oc1cc2c(cc1O)-c1nc-2nc2[n-]c(nc3nc(nc4[n-]c(n1)c1cc(O)c(O)cc41)-c1cc(O)c(O)cc1-3)c1cc(O)c(O)cc21.[Zn+2]. The van der Waals surface area contributed by atoms with E-state index in [4.69, 9.17) is 0 Å². The van der Waals surface area contributed by atoms with E-state index in [0.29, 0.717) is 0 Å². The van der Waals surface area contributed by atoms with E-state index in [1.54, 1.807) is 0 Å². The van der Waals surface area contributed by atoms with Crippen molar-refractivity contribution in [3.05, 3.63) is 48.5 Å². The molecule has 8 bridgehead atoms. The summed E-state index contributed by atoms with van der Waals surface area (Å²) in [6.07, 6.45) is 0. The number of phenolic OH excluding ortho intramolecular Hbond substituents is 8. The summed E-state index contributed by atoms with van der Waals surface area (Å²) in [5.41, 5.74) is 1.06. The minimum atomic E-state index is -0.459. The molecule has 5 heterocycles. The monoisotopic (exact) mass is 704 g/mol. The van der Waals surface area contributed by atoms with Crippen molar-refractivity contribution in [2.24, 2.45) is 0 Å². The number of fused-ring (bicyclic) bond motifs is 20. The number of hydrogen-bond donors (Lipinski definition) is 8. The molecule has 234 valence electrons. The Bertz CT molecular complexity index is 2430. The van der Waals surface area contributed by atoms with Gasteiger partial charge in [0.05, 0.1) is 23.3 Å². The quantitative estimate of drug-likeness (QED) is 0.0824. The number of aromatic hydroxyl groups is 8. The van der Waals surface area contributed by atoms with Crippen LogP contribution in [0.1, 0.15) is 0 Å². The minimum absolute atomic E-state index is 0. The van der Waals surface area contributed by atoms with Crippen LogP contribution in [0.4, 0.5) is 0 Å². The molecule has 0 saturated heterocycles. The molecule has 2 aliphatic rings. The Balaban J connectivity index is 0.00000348. The molecule has 49 heavy (non-hydrogen) atoms. The van der Waals surface area contributed by atoms with Crippen molar-refractivity contribution in [2.45, 2.75) is 0 Å². The molecule has 3 aromatic heterocycles. The van der Waals surface area contributed by atoms with E-state index in [1.807, 2.05) is 0 Å². The van der Waals surface area contributed by atoms with Crippen LogP contribution in [0.5, 0.6) is 46.0 Å². The zero-order valence-corrected chi connectivity index (χ0v) is 27.4. The molecule has 0 amide bonds. The van der Waals surface area contributed by atoms with Gasteiger partial charge in [0.25, 0.3) is 0 Å². The van der Waals surface area contributed by atoms with Crippen LogP contribution in [-0.4, -0.2) is 70.8 Å². The maximum Gasteiger partial charge on any atom is 2.00 e. The summed E-state index contributed by atoms with van der Waals surface area (Å²) < 4.78 is 0. The van der Waals surface area contributed by atoms with Crippen LogP contribution in [0.15, 0.2) is 48.5 Å². The molecule has 0 spiro atoms. The number of phenols is 8. The maximum absolute atomic E-state index is 10.4. The molecular formula is C32H16N8O8Zn. The van der Waals surface area contributed by atoms with Gasteiger partial charge >= 0.3 is 19.5 Å². The van der Waals surface area contributed by atoms with E-state index in [-0.39, 0.29) is 109 Å². The van der Waals surface area contributed by atoms with Crippen LogP contribution in [0, 0.1) is 0 Å². The van der Waals surface area contributed by atoms with Gasteiger partial charge in [-0.05, 0) is 70.1 Å². The first-order valence-corrected chi connectivity index (χ1v) is 14.0. The fourth-order valence-corrected chi connectivity index (χ4v) is 5.75. The van der Waals surface area contributed by atoms with E-state index in [9.17, 15) is 40.9 Å². The Labute approximate surface area is 283 Å². The van der Waals surface area contributed by atoms with Gasteiger partial charge < -0.3 is 70.8 Å². The topological polar surface area (TPSA) is 267 Å². The van der Waals surface area contributed by atoms with Crippen molar-refractivity contribution in [3.63, 3.8) is 0 Å². The zero-order chi connectivity index (χ0) is 33.2. The Morgan fingerprint density at radius 2 is 0.510 bits per heavy atom. The Hall–Kier alpha value is -6.74. The van der Waals surface area contributed by atoms with Gasteiger partial charge in [-0.3, -0.25) is 0 Å². The standard InChI is InChI=1S/C32H16N8O8.Zn/c41-17-1-9-10(2-18(17)42)26-33-25(9)37-27-11-3-19(43)20(44)4-12(11)29(34-27)39-31-15-7-23(47)24(48)8-16(15)32(36-31)40-30-14-6-22(46)21(45)5-13(14)28(35-30)38-26;/h1-8H,(H8-2,33,34,35,36,37,38,39,40,41,42,43,44,45,46,47,48);/q-2;+2. The number of hydrogen-bond acceptors (Lipinski definition) is 14. The molecular weight excluding hydrogens is 690 g/mol. The third-order valence-electron chi connectivity index (χ3n) is 8.08. The molecule has 7 aromatic rings. The van der Waals surface area contributed by atoms with Gasteiger partial charge in [0.15, 0.2) is 46.0 Å². The van der Waals surface area contributed by atoms with Crippen LogP contribution in [0.2, 0.25) is 0 Å². The van der Waals surface area contributed by atoms with E-state index >= 15 is 0 Å². The van der Waals surface area contributed by atoms with Gasteiger partial charge in [0, 0.05) is 44.8 Å². The first-order valence-electron chi connectivity index (χ1n) is 14.0. The third-order valence-corrected chi connectivity index (χ3v) is 8.08. The molecule has 4 aromatic carbocycles. The molecule has 0 aliphatic carbocycles. The van der Waals surface area contributed by atoms with Gasteiger partial charge in [-0.1, -0.05) is 0 Å². The summed E-state index contributed by atoms with van der Waals surface area (Å²) in [6, 6.07) is 9.95. The van der Waals surface area contributed by atoms with Crippen molar-refractivity contribution in [1.29, 1.82) is 0 Å². The normalized spacial score (nSPS) is 11.8. The molecule has 0 atom stereocenters. The van der Waals surface area contributed by atoms with Gasteiger partial charge in [-0.15, -0.1) is 0 Å². The summed E-state index contributed by atoms with van der Waals surface area (Å²) >= 11 is 0. The van der Waals surface area contributed by atoms with Crippen molar-refractivity contribution in [2.75, 3.05) is 0 Å². The van der Waals surface area contributed by atoms with Crippen molar-refractivity contribution in [3.8, 4) is 91.5 Å². The van der Waals surface area contributed by atoms with Gasteiger partial charge in [-0.2, -0.15) is 0 Å². The van der Waals surface area contributed by atoms with E-state index in [2.05, 4.69) is 39.9 Å². The van der Waals surface area contributed by atoms with E-state index < -0.39 is 46.0 Å². The van der Waals surface area contributed by atoms with Crippen LogP contribution in [0.3, 0.4) is 0 Å². The molecule has 2 aliphatic heterocycles. The predicted octanol–water partition coefficient (Wildman–Crippen LogP) is 3.77. The second-order valence-corrected chi connectivity index (χ2v) is 11.0. The van der Waals surface area contributed by atoms with E-state index in [1.165, 1.54) is 48.5 Å². The molecule has 0 radical (unpaired) electrons. The van der Waals surface area contributed by atoms with Gasteiger partial charge in [0.2, 0.25) is 0 Å². The second kappa shape index (κ2) is 10.1. The molecule has 9 rings (SSSR count). The minimum Gasteiger partial charge on any atom is -0.504 e. The van der Waals surface area contributed by atoms with Crippen molar-refractivity contribution < 1.29 is 60.3 Å². The molecule has 16 nitrogen and oxygen atoms in total. The largest absolute Gasteiger partial charge is 2.00 e. The maximum atomic E-state index is 10.4. The number of benzene rings is 4. The Morgan fingerprint density at radius 3 is 0.735 bits per heavy atom. The van der Waals surface area contributed by atoms with Gasteiger partial charge in [-0.25, -0.2) is 9.97 Å². The molecule has 0 saturated carbocycles. The summed E-state index contributed by atoms with van der Waals surface area (Å²) in [5, 5.41) is 84.0. The summed E-state index contributed by atoms with van der Waals surface area (Å²) in [6.45, 7) is 0. The Morgan fingerprint density at radius 1 is 0.306 bits per heavy atom.